The number of halogens is 1. The average Bonchev–Trinajstić information content (AvgIpc) is 2.79. The number of carbonyl (C=O) groups excluding carboxylic acids is 1. The van der Waals surface area contributed by atoms with Gasteiger partial charge in [-0.15, -0.1) is 0 Å². The Balaban J connectivity index is 2.24. The molecule has 2 rings (SSSR count). The van der Waals surface area contributed by atoms with Gasteiger partial charge in [-0.05, 0) is 18.2 Å². The van der Waals surface area contributed by atoms with Gasteiger partial charge in [0.1, 0.15) is 0 Å². The second-order valence-corrected chi connectivity index (χ2v) is 6.01. The van der Waals surface area contributed by atoms with Gasteiger partial charge < -0.3 is 4.74 Å². The zero-order valence-electron chi connectivity index (χ0n) is 9.71. The number of hydrogen-bond donors (Lipinski definition) is 0. The van der Waals surface area contributed by atoms with Crippen molar-refractivity contribution in [2.24, 2.45) is 0 Å². The van der Waals surface area contributed by atoms with Crippen LogP contribution in [0.4, 0.5) is 0 Å². The zero-order valence-corrected chi connectivity index (χ0v) is 12.1. The molecule has 0 aliphatic rings. The lowest BCUT2D eigenvalue weighted by Crippen LogP contribution is -1.98. The monoisotopic (exact) mass is 310 g/mol. The summed E-state index contributed by atoms with van der Waals surface area (Å²) in [6, 6.07) is 9.18. The molecule has 0 bridgehead atoms. The van der Waals surface area contributed by atoms with Crippen LogP contribution in [0.3, 0.4) is 0 Å². The Morgan fingerprint density at radius 1 is 1.58 bits per heavy atom. The molecule has 96 valence electrons. The third kappa shape index (κ3) is 3.26. The van der Waals surface area contributed by atoms with Crippen molar-refractivity contribution in [2.75, 3.05) is 7.11 Å². The molecule has 1 aromatic carbocycles. The fourth-order valence-corrected chi connectivity index (χ4v) is 3.64. The van der Waals surface area contributed by atoms with Crippen molar-refractivity contribution in [2.45, 2.75) is 9.24 Å². The number of rotatable bonds is 3. The zero-order chi connectivity index (χ0) is 13.8. The summed E-state index contributed by atoms with van der Waals surface area (Å²) < 4.78 is 5.24. The normalized spacial score (nSPS) is 9.95. The van der Waals surface area contributed by atoms with E-state index >= 15 is 0 Å². The van der Waals surface area contributed by atoms with E-state index in [-0.39, 0.29) is 10.0 Å². The van der Waals surface area contributed by atoms with Gasteiger partial charge in [0.05, 0.1) is 18.7 Å². The van der Waals surface area contributed by atoms with E-state index in [1.54, 1.807) is 18.2 Å². The first-order chi connectivity index (χ1) is 9.13. The number of carbonyl (C=O) groups is 1. The van der Waals surface area contributed by atoms with Crippen LogP contribution in [0.5, 0.6) is 0 Å². The maximum Gasteiger partial charge on any atom is 0.351 e. The van der Waals surface area contributed by atoms with Gasteiger partial charge in [-0.25, -0.2) is 9.78 Å². The van der Waals surface area contributed by atoms with Crippen molar-refractivity contribution in [1.29, 1.82) is 5.26 Å². The predicted octanol–water partition coefficient (Wildman–Crippen LogP) is 3.61. The average molecular weight is 311 g/mol. The molecule has 0 aliphatic heterocycles. The first-order valence-corrected chi connectivity index (χ1v) is 7.08. The Morgan fingerprint density at radius 3 is 3.05 bits per heavy atom. The number of aromatic nitrogens is 1. The molecule has 19 heavy (non-hydrogen) atoms. The van der Waals surface area contributed by atoms with Crippen molar-refractivity contribution < 1.29 is 9.53 Å². The van der Waals surface area contributed by atoms with Crippen LogP contribution in [0.25, 0.3) is 0 Å². The Labute approximate surface area is 123 Å². The number of thiazole rings is 1. The molecule has 0 atom stereocenters. The van der Waals surface area contributed by atoms with E-state index in [0.717, 1.165) is 16.2 Å². The number of benzene rings is 1. The van der Waals surface area contributed by atoms with E-state index in [4.69, 9.17) is 16.9 Å². The van der Waals surface area contributed by atoms with Gasteiger partial charge >= 0.3 is 5.97 Å². The highest BCUT2D eigenvalue weighted by Crippen LogP contribution is 2.35. The Hall–Kier alpha value is -1.55. The number of methoxy groups -OCH3 is 1. The lowest BCUT2D eigenvalue weighted by atomic mass is 10.2. The summed E-state index contributed by atoms with van der Waals surface area (Å²) in [4.78, 5) is 16.6. The lowest BCUT2D eigenvalue weighted by Gasteiger charge is -1.97. The maximum absolute atomic E-state index is 11.4. The number of nitriles is 1. The molecule has 0 N–H and O–H groups in total. The van der Waals surface area contributed by atoms with Crippen molar-refractivity contribution in [1.82, 2.24) is 4.98 Å². The Bertz CT molecular complexity index is 664. The summed E-state index contributed by atoms with van der Waals surface area (Å²) in [6.45, 7) is 0. The van der Waals surface area contributed by atoms with Gasteiger partial charge in [-0.3, -0.25) is 0 Å². The van der Waals surface area contributed by atoms with Crippen LogP contribution in [0.1, 0.15) is 15.2 Å². The van der Waals surface area contributed by atoms with E-state index in [0.29, 0.717) is 9.90 Å². The lowest BCUT2D eigenvalue weighted by molar-refractivity contribution is 0.0606. The molecule has 1 heterocycles. The van der Waals surface area contributed by atoms with Gasteiger partial charge in [-0.2, -0.15) is 5.26 Å². The van der Waals surface area contributed by atoms with Crippen LogP contribution < -0.4 is 0 Å². The molecular formula is C12H7ClN2O2S2. The van der Waals surface area contributed by atoms with Crippen molar-refractivity contribution in [3.8, 4) is 6.07 Å². The maximum atomic E-state index is 11.4. The molecule has 0 unspecified atom stereocenters. The first-order valence-electron chi connectivity index (χ1n) is 5.06. The minimum atomic E-state index is -0.500. The second kappa shape index (κ2) is 6.06. The summed E-state index contributed by atoms with van der Waals surface area (Å²) in [6.07, 6.45) is 0. The molecule has 0 saturated carbocycles. The summed E-state index contributed by atoms with van der Waals surface area (Å²) in [5.74, 6) is -0.500. The highest BCUT2D eigenvalue weighted by Gasteiger charge is 2.17. The van der Waals surface area contributed by atoms with Crippen molar-refractivity contribution in [3.05, 3.63) is 39.9 Å². The molecule has 4 nitrogen and oxygen atoms in total. The van der Waals surface area contributed by atoms with E-state index in [9.17, 15) is 4.79 Å². The number of ether oxygens (including phenoxy) is 1. The Morgan fingerprint density at radius 2 is 2.37 bits per heavy atom. The van der Waals surface area contributed by atoms with E-state index in [1.165, 1.54) is 18.9 Å². The molecule has 0 amide bonds. The van der Waals surface area contributed by atoms with Gasteiger partial charge in [-0.1, -0.05) is 40.8 Å². The van der Waals surface area contributed by atoms with Crippen LogP contribution in [-0.4, -0.2) is 18.1 Å². The van der Waals surface area contributed by atoms with Crippen LogP contribution in [-0.2, 0) is 4.74 Å². The molecule has 0 fully saturated rings. The fraction of sp³-hybridized carbons (Fsp3) is 0.0833. The van der Waals surface area contributed by atoms with Crippen molar-refractivity contribution >= 4 is 40.7 Å². The fourth-order valence-electron chi connectivity index (χ4n) is 1.28. The molecule has 7 heteroatoms. The third-order valence-corrected chi connectivity index (χ3v) is 4.58. The predicted molar refractivity (Wildman–Crippen MR) is 73.7 cm³/mol. The highest BCUT2D eigenvalue weighted by molar-refractivity contribution is 8.01. The van der Waals surface area contributed by atoms with E-state index in [2.05, 4.69) is 15.8 Å². The minimum absolute atomic E-state index is 0.135. The first kappa shape index (κ1) is 13.9. The summed E-state index contributed by atoms with van der Waals surface area (Å²) >= 11 is 8.38. The standard InChI is InChI=1S/C12H7ClN2O2S2/c1-17-11(16)9-10(13)15-12(19-9)18-8-4-2-3-7(5-8)6-14/h2-5H,1H3. The van der Waals surface area contributed by atoms with Crippen LogP contribution in [0.15, 0.2) is 33.5 Å². The number of nitrogens with zero attached hydrogens (tertiary/aromatic N) is 2. The molecule has 0 radical (unpaired) electrons. The molecule has 0 saturated heterocycles. The van der Waals surface area contributed by atoms with Gasteiger partial charge in [0, 0.05) is 4.90 Å². The van der Waals surface area contributed by atoms with Gasteiger partial charge in [0.25, 0.3) is 0 Å². The van der Waals surface area contributed by atoms with E-state index in [1.807, 2.05) is 6.07 Å². The number of esters is 1. The molecular weight excluding hydrogens is 304 g/mol. The summed E-state index contributed by atoms with van der Waals surface area (Å²) in [5.41, 5.74) is 0.570. The smallest absolute Gasteiger partial charge is 0.351 e. The summed E-state index contributed by atoms with van der Waals surface area (Å²) in [7, 11) is 1.29. The van der Waals surface area contributed by atoms with E-state index < -0.39 is 5.97 Å². The SMILES string of the molecule is COC(=O)c1sc(Sc2cccc(C#N)c2)nc1Cl. The minimum Gasteiger partial charge on any atom is -0.465 e. The topological polar surface area (TPSA) is 63.0 Å². The summed E-state index contributed by atoms with van der Waals surface area (Å²) in [5, 5.41) is 8.96. The van der Waals surface area contributed by atoms with Crippen LogP contribution in [0, 0.1) is 11.3 Å². The van der Waals surface area contributed by atoms with Crippen molar-refractivity contribution in [3.63, 3.8) is 0 Å². The molecule has 1 aromatic heterocycles. The number of hydrogen-bond acceptors (Lipinski definition) is 6. The third-order valence-electron chi connectivity index (χ3n) is 2.11. The largest absolute Gasteiger partial charge is 0.465 e. The molecule has 0 aliphatic carbocycles. The van der Waals surface area contributed by atoms with Crippen LogP contribution >= 0.6 is 34.7 Å². The molecule has 2 aromatic rings. The van der Waals surface area contributed by atoms with Gasteiger partial charge in [0.2, 0.25) is 0 Å². The van der Waals surface area contributed by atoms with Crippen LogP contribution in [0.2, 0.25) is 5.15 Å². The quantitative estimate of drug-likeness (QED) is 0.810. The highest BCUT2D eigenvalue weighted by atomic mass is 35.5. The second-order valence-electron chi connectivity index (χ2n) is 3.33. The van der Waals surface area contributed by atoms with Gasteiger partial charge in [0.15, 0.2) is 14.4 Å². The Kier molecular flexibility index (Phi) is 4.43. The molecule has 0 spiro atoms.